The van der Waals surface area contributed by atoms with Crippen LogP contribution in [0.15, 0.2) is 73.1 Å². The van der Waals surface area contributed by atoms with Gasteiger partial charge in [-0.05, 0) is 36.8 Å². The Morgan fingerprint density at radius 2 is 1.48 bits per heavy atom. The summed E-state index contributed by atoms with van der Waals surface area (Å²) in [5.41, 5.74) is 2.82. The fourth-order valence-corrected chi connectivity index (χ4v) is 3.69. The lowest BCUT2D eigenvalue weighted by Gasteiger charge is -2.07. The second-order valence-electron chi connectivity index (χ2n) is 7.41. The Labute approximate surface area is 164 Å². The molecule has 3 aromatic rings. The Bertz CT molecular complexity index is 775. The maximum atomic E-state index is 2.48. The number of aryl methyl sites for hydroxylation is 3. The van der Waals surface area contributed by atoms with Gasteiger partial charge in [0, 0.05) is 0 Å². The van der Waals surface area contributed by atoms with E-state index in [2.05, 4.69) is 89.1 Å². The molecule has 0 aliphatic rings. The molecule has 1 aromatic heterocycles. The average molecular weight is 362 g/mol. The first kappa shape index (κ1) is 19.4. The van der Waals surface area contributed by atoms with Crippen LogP contribution in [0, 0.1) is 0 Å². The van der Waals surface area contributed by atoms with Gasteiger partial charge >= 0.3 is 0 Å². The molecule has 0 bridgehead atoms. The minimum Gasteiger partial charge on any atom is -0.234 e. The molecule has 2 heteroatoms. The highest BCUT2D eigenvalue weighted by Gasteiger charge is 2.17. The molecule has 2 aromatic carbocycles. The molecule has 0 N–H and O–H groups in total. The smallest absolute Gasteiger partial charge is 0.234 e. The van der Waals surface area contributed by atoms with E-state index in [0.717, 1.165) is 25.9 Å². The third-order valence-corrected chi connectivity index (χ3v) is 5.25. The van der Waals surface area contributed by atoms with E-state index in [1.165, 1.54) is 49.1 Å². The molecule has 0 spiro atoms. The van der Waals surface area contributed by atoms with E-state index in [1.807, 2.05) is 0 Å². The van der Waals surface area contributed by atoms with E-state index >= 15 is 0 Å². The summed E-state index contributed by atoms with van der Waals surface area (Å²) in [5, 5.41) is 0. The number of unbranched alkanes of at least 4 members (excludes halogenated alkanes) is 3. The molecule has 0 saturated carbocycles. The van der Waals surface area contributed by atoms with Crippen molar-refractivity contribution in [2.75, 3.05) is 0 Å². The third kappa shape index (κ3) is 6.09. The van der Waals surface area contributed by atoms with Crippen LogP contribution in [0.4, 0.5) is 0 Å². The van der Waals surface area contributed by atoms with Gasteiger partial charge in [-0.3, -0.25) is 0 Å². The van der Waals surface area contributed by atoms with E-state index in [-0.39, 0.29) is 0 Å². The van der Waals surface area contributed by atoms with Crippen molar-refractivity contribution in [1.82, 2.24) is 4.57 Å². The van der Waals surface area contributed by atoms with Crippen molar-refractivity contribution in [3.63, 3.8) is 0 Å². The fourth-order valence-electron chi connectivity index (χ4n) is 3.69. The lowest BCUT2D eigenvalue weighted by atomic mass is 10.1. The summed E-state index contributed by atoms with van der Waals surface area (Å²) < 4.78 is 4.95. The van der Waals surface area contributed by atoms with Crippen LogP contribution in [0.1, 0.15) is 56.0 Å². The van der Waals surface area contributed by atoms with Gasteiger partial charge in [-0.25, -0.2) is 9.13 Å². The van der Waals surface area contributed by atoms with E-state index in [0.29, 0.717) is 0 Å². The highest BCUT2D eigenvalue weighted by molar-refractivity contribution is 5.18. The molecule has 0 aliphatic carbocycles. The molecule has 0 saturated heterocycles. The molecule has 0 atom stereocenters. The summed E-state index contributed by atoms with van der Waals surface area (Å²) in [7, 11) is 0. The maximum absolute atomic E-state index is 2.48. The van der Waals surface area contributed by atoms with Crippen LogP contribution in [0.25, 0.3) is 0 Å². The van der Waals surface area contributed by atoms with E-state index < -0.39 is 0 Å². The summed E-state index contributed by atoms with van der Waals surface area (Å²) in [6, 6.07) is 21.7. The quantitative estimate of drug-likeness (QED) is 0.311. The highest BCUT2D eigenvalue weighted by Crippen LogP contribution is 2.10. The van der Waals surface area contributed by atoms with Crippen molar-refractivity contribution in [3.05, 3.63) is 90.0 Å². The molecule has 3 rings (SSSR count). The van der Waals surface area contributed by atoms with Crippen molar-refractivity contribution in [1.29, 1.82) is 0 Å². The summed E-state index contributed by atoms with van der Waals surface area (Å²) in [4.78, 5) is 0. The van der Waals surface area contributed by atoms with Gasteiger partial charge in [-0.15, -0.1) is 0 Å². The first-order valence-corrected chi connectivity index (χ1v) is 10.5. The molecule has 2 nitrogen and oxygen atoms in total. The van der Waals surface area contributed by atoms with Crippen LogP contribution >= 0.6 is 0 Å². The number of aromatic nitrogens is 2. The molecular formula is C25H33N2+. The SMILES string of the molecule is CCCCCCn1cc[n+](CCCc2ccccc2)c1Cc1ccccc1. The molecule has 142 valence electrons. The molecular weight excluding hydrogens is 328 g/mol. The lowest BCUT2D eigenvalue weighted by Crippen LogP contribution is -2.37. The third-order valence-electron chi connectivity index (χ3n) is 5.25. The second-order valence-corrected chi connectivity index (χ2v) is 7.41. The topological polar surface area (TPSA) is 8.81 Å². The molecule has 0 amide bonds. The van der Waals surface area contributed by atoms with Crippen molar-refractivity contribution < 1.29 is 4.57 Å². The summed E-state index contributed by atoms with van der Waals surface area (Å²) >= 11 is 0. The van der Waals surface area contributed by atoms with Gasteiger partial charge in [0.1, 0.15) is 12.4 Å². The van der Waals surface area contributed by atoms with Crippen molar-refractivity contribution in [2.45, 2.75) is 65.0 Å². The Kier molecular flexibility index (Phi) is 7.70. The number of nitrogens with zero attached hydrogens (tertiary/aromatic N) is 2. The van der Waals surface area contributed by atoms with Gasteiger partial charge < -0.3 is 0 Å². The predicted molar refractivity (Wildman–Crippen MR) is 113 cm³/mol. The highest BCUT2D eigenvalue weighted by atomic mass is 15.1. The zero-order valence-corrected chi connectivity index (χ0v) is 16.7. The maximum Gasteiger partial charge on any atom is 0.260 e. The standard InChI is InChI=1S/C25H33N2/c1-2-3-4-11-18-26-20-21-27(19-12-17-23-13-7-5-8-14-23)25(26)22-24-15-9-6-10-16-24/h5-10,13-16,20-21H,2-4,11-12,17-19,22H2,1H3/q+1. The molecule has 0 aliphatic heterocycles. The zero-order valence-electron chi connectivity index (χ0n) is 16.7. The van der Waals surface area contributed by atoms with Crippen molar-refractivity contribution in [2.24, 2.45) is 0 Å². The fraction of sp³-hybridized carbons (Fsp3) is 0.400. The molecule has 0 radical (unpaired) electrons. The number of benzene rings is 2. The molecule has 27 heavy (non-hydrogen) atoms. The Morgan fingerprint density at radius 1 is 0.778 bits per heavy atom. The van der Waals surface area contributed by atoms with Crippen LogP contribution in [0.5, 0.6) is 0 Å². The van der Waals surface area contributed by atoms with E-state index in [1.54, 1.807) is 0 Å². The number of hydrogen-bond acceptors (Lipinski definition) is 0. The normalized spacial score (nSPS) is 11.0. The number of imidazole rings is 1. The van der Waals surface area contributed by atoms with Gasteiger partial charge in [0.15, 0.2) is 0 Å². The monoisotopic (exact) mass is 361 g/mol. The van der Waals surface area contributed by atoms with E-state index in [9.17, 15) is 0 Å². The summed E-state index contributed by atoms with van der Waals surface area (Å²) in [5.74, 6) is 1.44. The molecule has 1 heterocycles. The average Bonchev–Trinajstić information content (AvgIpc) is 3.08. The summed E-state index contributed by atoms with van der Waals surface area (Å²) in [6.07, 6.45) is 13.1. The predicted octanol–water partition coefficient (Wildman–Crippen LogP) is 5.58. The number of rotatable bonds is 11. The molecule has 0 fully saturated rings. The molecule has 0 unspecified atom stereocenters. The van der Waals surface area contributed by atoms with Crippen molar-refractivity contribution >= 4 is 0 Å². The Hall–Kier alpha value is -2.35. The second kappa shape index (κ2) is 10.7. The first-order chi connectivity index (χ1) is 13.4. The minimum absolute atomic E-state index is 1.01. The first-order valence-electron chi connectivity index (χ1n) is 10.5. The van der Waals surface area contributed by atoms with Gasteiger partial charge in [-0.1, -0.05) is 80.4 Å². The van der Waals surface area contributed by atoms with Crippen molar-refractivity contribution in [3.8, 4) is 0 Å². The van der Waals surface area contributed by atoms with Crippen LogP contribution in [-0.2, 0) is 25.9 Å². The Balaban J connectivity index is 1.66. The van der Waals surface area contributed by atoms with Gasteiger partial charge in [0.2, 0.25) is 0 Å². The van der Waals surface area contributed by atoms with Gasteiger partial charge in [0.05, 0.1) is 19.5 Å². The lowest BCUT2D eigenvalue weighted by molar-refractivity contribution is -0.703. The van der Waals surface area contributed by atoms with Gasteiger partial charge in [-0.2, -0.15) is 0 Å². The Morgan fingerprint density at radius 3 is 2.19 bits per heavy atom. The van der Waals surface area contributed by atoms with Crippen LogP contribution < -0.4 is 4.57 Å². The van der Waals surface area contributed by atoms with E-state index in [4.69, 9.17) is 0 Å². The van der Waals surface area contributed by atoms with Crippen LogP contribution in [0.2, 0.25) is 0 Å². The van der Waals surface area contributed by atoms with Crippen LogP contribution in [-0.4, -0.2) is 4.57 Å². The van der Waals surface area contributed by atoms with Crippen LogP contribution in [0.3, 0.4) is 0 Å². The van der Waals surface area contributed by atoms with Gasteiger partial charge in [0.25, 0.3) is 5.82 Å². The number of hydrogen-bond donors (Lipinski definition) is 0. The minimum atomic E-state index is 1.01. The largest absolute Gasteiger partial charge is 0.260 e. The zero-order chi connectivity index (χ0) is 18.7. The summed E-state index contributed by atoms with van der Waals surface area (Å²) in [6.45, 7) is 4.49.